The van der Waals surface area contributed by atoms with Gasteiger partial charge < -0.3 is 9.47 Å². The number of carbonyl (C=O) groups excluding carboxylic acids is 2. The van der Waals surface area contributed by atoms with Gasteiger partial charge in [-0.3, -0.25) is 4.79 Å². The lowest BCUT2D eigenvalue weighted by Crippen LogP contribution is -2.48. The Labute approximate surface area is 169 Å². The van der Waals surface area contributed by atoms with Crippen molar-refractivity contribution in [2.75, 3.05) is 14.2 Å². The Bertz CT molecular complexity index is 1030. The highest BCUT2D eigenvalue weighted by atomic mass is 19.1. The monoisotopic (exact) mass is 394 g/mol. The smallest absolute Gasteiger partial charge is 0.352 e. The van der Waals surface area contributed by atoms with Crippen molar-refractivity contribution >= 4 is 22.5 Å². The zero-order valence-corrected chi connectivity index (χ0v) is 16.6. The van der Waals surface area contributed by atoms with Gasteiger partial charge in [0.2, 0.25) is 5.78 Å². The summed E-state index contributed by atoms with van der Waals surface area (Å²) in [5.41, 5.74) is -2.19. The number of alkyl halides is 1. The lowest BCUT2D eigenvalue weighted by atomic mass is 9.76. The number of hydrogen-bond acceptors (Lipinski definition) is 4. The van der Waals surface area contributed by atoms with Crippen molar-refractivity contribution in [2.45, 2.75) is 24.9 Å². The Morgan fingerprint density at radius 1 is 0.966 bits per heavy atom. The van der Waals surface area contributed by atoms with Gasteiger partial charge in [0.25, 0.3) is 5.67 Å². The zero-order valence-electron chi connectivity index (χ0n) is 16.6. The normalized spacial score (nSPS) is 14.1. The Hall–Kier alpha value is -3.21. The van der Waals surface area contributed by atoms with Crippen molar-refractivity contribution < 1.29 is 23.5 Å². The molecular weight excluding hydrogens is 371 g/mol. The molecule has 0 spiro atoms. The minimum absolute atomic E-state index is 0.0814. The van der Waals surface area contributed by atoms with Gasteiger partial charge in [-0.25, -0.2) is 9.18 Å². The Balaban J connectivity index is 2.10. The molecule has 0 amide bonds. The van der Waals surface area contributed by atoms with Crippen LogP contribution in [0.4, 0.5) is 4.39 Å². The molecule has 0 unspecified atom stereocenters. The molecule has 0 saturated heterocycles. The van der Waals surface area contributed by atoms with E-state index in [9.17, 15) is 9.59 Å². The highest BCUT2D eigenvalue weighted by Crippen LogP contribution is 2.39. The minimum Gasteiger partial charge on any atom is -0.497 e. The van der Waals surface area contributed by atoms with E-state index in [-0.39, 0.29) is 12.0 Å². The predicted octanol–water partition coefficient (Wildman–Crippen LogP) is 5.11. The number of ether oxygens (including phenoxy) is 2. The summed E-state index contributed by atoms with van der Waals surface area (Å²) in [6.45, 7) is 1.75. The van der Waals surface area contributed by atoms with E-state index in [2.05, 4.69) is 0 Å². The van der Waals surface area contributed by atoms with Crippen molar-refractivity contribution in [3.63, 3.8) is 0 Å². The second-order valence-corrected chi connectivity index (χ2v) is 6.83. The van der Waals surface area contributed by atoms with Gasteiger partial charge in [0, 0.05) is 11.5 Å². The molecule has 3 aromatic rings. The summed E-state index contributed by atoms with van der Waals surface area (Å²) in [7, 11) is 2.59. The van der Waals surface area contributed by atoms with E-state index < -0.39 is 23.3 Å². The van der Waals surface area contributed by atoms with Crippen LogP contribution in [0.5, 0.6) is 5.75 Å². The van der Waals surface area contributed by atoms with Crippen LogP contribution in [0.3, 0.4) is 0 Å². The fraction of sp³-hybridized carbons (Fsp3) is 0.250. The van der Waals surface area contributed by atoms with Gasteiger partial charge >= 0.3 is 5.97 Å². The van der Waals surface area contributed by atoms with Gasteiger partial charge in [0.1, 0.15) is 5.75 Å². The molecule has 150 valence electrons. The second kappa shape index (κ2) is 8.43. The summed E-state index contributed by atoms with van der Waals surface area (Å²) < 4.78 is 26.2. The topological polar surface area (TPSA) is 52.6 Å². The number of fused-ring (bicyclic) bond motifs is 1. The first-order valence-corrected chi connectivity index (χ1v) is 9.40. The van der Waals surface area contributed by atoms with Crippen molar-refractivity contribution in [1.29, 1.82) is 0 Å². The molecule has 0 saturated carbocycles. The van der Waals surface area contributed by atoms with Gasteiger partial charge in [-0.1, -0.05) is 49.4 Å². The number of Topliss-reactive ketones (excluding diaryl/α,β-unsaturated/α-hetero) is 1. The highest BCUT2D eigenvalue weighted by molar-refractivity contribution is 6.16. The third-order valence-electron chi connectivity index (χ3n) is 5.23. The molecule has 0 radical (unpaired) electrons. The molecule has 0 fully saturated rings. The van der Waals surface area contributed by atoms with E-state index >= 15 is 4.39 Å². The molecule has 0 aromatic heterocycles. The molecule has 0 aliphatic rings. The number of halogens is 1. The number of benzene rings is 3. The van der Waals surface area contributed by atoms with E-state index in [1.54, 1.807) is 25.1 Å². The molecule has 0 bridgehead atoms. The summed E-state index contributed by atoms with van der Waals surface area (Å²) in [6.07, 6.45) is 0.242. The third kappa shape index (κ3) is 3.73. The highest BCUT2D eigenvalue weighted by Gasteiger charge is 2.54. The van der Waals surface area contributed by atoms with Gasteiger partial charge in [0.15, 0.2) is 0 Å². The maximum atomic E-state index is 16.3. The lowest BCUT2D eigenvalue weighted by molar-refractivity contribution is -0.152. The van der Waals surface area contributed by atoms with Crippen molar-refractivity contribution in [3.8, 4) is 5.75 Å². The van der Waals surface area contributed by atoms with E-state index in [4.69, 9.17) is 9.47 Å². The minimum atomic E-state index is -2.85. The number of methoxy groups -OCH3 is 2. The van der Waals surface area contributed by atoms with Crippen LogP contribution in [0.2, 0.25) is 0 Å². The molecule has 0 aliphatic carbocycles. The van der Waals surface area contributed by atoms with Crippen LogP contribution in [-0.2, 0) is 9.53 Å². The summed E-state index contributed by atoms with van der Waals surface area (Å²) in [5, 5.41) is 1.91. The van der Waals surface area contributed by atoms with Gasteiger partial charge in [-0.15, -0.1) is 0 Å². The summed E-state index contributed by atoms with van der Waals surface area (Å²) in [4.78, 5) is 25.8. The van der Waals surface area contributed by atoms with Crippen LogP contribution in [0.15, 0.2) is 66.7 Å². The first-order chi connectivity index (χ1) is 13.9. The standard InChI is InChI=1S/C24H23FO4/c1-4-21(19-10-9-16-7-5-6-8-18(16)15-19)24(25,23(27)29-3)22(26)17-11-13-20(28-2)14-12-17/h5-15,21H,4H2,1-3H3/t21-,24+/m0/s1. The Kier molecular flexibility index (Phi) is 5.97. The maximum Gasteiger partial charge on any atom is 0.352 e. The molecule has 4 nitrogen and oxygen atoms in total. The fourth-order valence-electron chi connectivity index (χ4n) is 3.67. The van der Waals surface area contributed by atoms with Gasteiger partial charge in [-0.2, -0.15) is 0 Å². The van der Waals surface area contributed by atoms with Crippen molar-refractivity contribution in [2.24, 2.45) is 0 Å². The van der Waals surface area contributed by atoms with E-state index in [0.717, 1.165) is 17.9 Å². The number of hydrogen-bond donors (Lipinski definition) is 0. The van der Waals surface area contributed by atoms with Crippen LogP contribution in [-0.4, -0.2) is 31.6 Å². The average Bonchev–Trinajstić information content (AvgIpc) is 2.78. The summed E-state index contributed by atoms with van der Waals surface area (Å²) in [5.74, 6) is -2.58. The average molecular weight is 394 g/mol. The molecular formula is C24H23FO4. The number of rotatable bonds is 7. The molecule has 3 rings (SSSR count). The predicted molar refractivity (Wildman–Crippen MR) is 110 cm³/mol. The maximum absolute atomic E-state index is 16.3. The number of carbonyl (C=O) groups is 2. The van der Waals surface area contributed by atoms with E-state index in [1.165, 1.54) is 19.2 Å². The summed E-state index contributed by atoms with van der Waals surface area (Å²) in [6, 6.07) is 19.1. The quantitative estimate of drug-likeness (QED) is 0.318. The number of ketones is 1. The fourth-order valence-corrected chi connectivity index (χ4v) is 3.67. The zero-order chi connectivity index (χ0) is 21.0. The lowest BCUT2D eigenvalue weighted by Gasteiger charge is -2.30. The first-order valence-electron chi connectivity index (χ1n) is 9.40. The second-order valence-electron chi connectivity index (χ2n) is 6.83. The molecule has 0 N–H and O–H groups in total. The third-order valence-corrected chi connectivity index (χ3v) is 5.23. The van der Waals surface area contributed by atoms with Crippen LogP contribution in [0, 0.1) is 0 Å². The number of esters is 1. The summed E-state index contributed by atoms with van der Waals surface area (Å²) >= 11 is 0. The molecule has 2 atom stereocenters. The van der Waals surface area contributed by atoms with E-state index in [1.807, 2.05) is 36.4 Å². The molecule has 5 heteroatoms. The van der Waals surface area contributed by atoms with Crippen LogP contribution in [0.25, 0.3) is 10.8 Å². The molecule has 0 heterocycles. The van der Waals surface area contributed by atoms with Crippen LogP contribution < -0.4 is 4.74 Å². The SMILES string of the molecule is CC[C@@H](c1ccc2ccccc2c1)[C@](F)(C(=O)OC)C(=O)c1ccc(OC)cc1. The van der Waals surface area contributed by atoms with Gasteiger partial charge in [-0.05, 0) is 47.0 Å². The van der Waals surface area contributed by atoms with Crippen molar-refractivity contribution in [3.05, 3.63) is 77.9 Å². The van der Waals surface area contributed by atoms with Gasteiger partial charge in [0.05, 0.1) is 14.2 Å². The molecule has 3 aromatic carbocycles. The molecule has 29 heavy (non-hydrogen) atoms. The van der Waals surface area contributed by atoms with Crippen LogP contribution >= 0.6 is 0 Å². The Morgan fingerprint density at radius 2 is 1.62 bits per heavy atom. The van der Waals surface area contributed by atoms with Crippen LogP contribution in [0.1, 0.15) is 35.2 Å². The first kappa shape index (κ1) is 20.5. The molecule has 0 aliphatic heterocycles. The van der Waals surface area contributed by atoms with Crippen molar-refractivity contribution in [1.82, 2.24) is 0 Å². The Morgan fingerprint density at radius 3 is 2.21 bits per heavy atom. The van der Waals surface area contributed by atoms with E-state index in [0.29, 0.717) is 11.3 Å². The largest absolute Gasteiger partial charge is 0.497 e.